The highest BCUT2D eigenvalue weighted by Crippen LogP contribution is 2.31. The van der Waals surface area contributed by atoms with E-state index in [9.17, 15) is 4.79 Å². The number of benzene rings is 1. The van der Waals surface area contributed by atoms with Crippen LogP contribution in [0.4, 0.5) is 0 Å². The van der Waals surface area contributed by atoms with Crippen molar-refractivity contribution < 1.29 is 4.74 Å². The molecule has 0 aliphatic rings. The normalized spacial score (nSPS) is 11.4. The van der Waals surface area contributed by atoms with E-state index in [1.807, 2.05) is 30.5 Å². The number of hydrogen-bond acceptors (Lipinski definition) is 5. The number of thioether (sulfide) groups is 1. The Morgan fingerprint density at radius 3 is 2.03 bits per heavy atom. The van der Waals surface area contributed by atoms with Crippen molar-refractivity contribution in [2.45, 2.75) is 102 Å². The molecule has 0 radical (unpaired) electrons. The number of rotatable bonds is 16. The molecule has 4 nitrogen and oxygen atoms in total. The first kappa shape index (κ1) is 27.8. The second-order valence-electron chi connectivity index (χ2n) is 9.41. The molecule has 0 bridgehead atoms. The zero-order valence-electron chi connectivity index (χ0n) is 22.0. The van der Waals surface area contributed by atoms with Gasteiger partial charge >= 0.3 is 0 Å². The van der Waals surface area contributed by atoms with Crippen molar-refractivity contribution in [3.63, 3.8) is 0 Å². The van der Waals surface area contributed by atoms with Crippen LogP contribution in [0, 0.1) is 6.92 Å². The van der Waals surface area contributed by atoms with Crippen LogP contribution in [0.25, 0.3) is 15.9 Å². The Kier molecular flexibility index (Phi) is 11.7. The molecule has 0 N–H and O–H groups in total. The van der Waals surface area contributed by atoms with Gasteiger partial charge in [0.2, 0.25) is 0 Å². The van der Waals surface area contributed by atoms with E-state index in [0.29, 0.717) is 0 Å². The van der Waals surface area contributed by atoms with Gasteiger partial charge in [0.25, 0.3) is 5.56 Å². The predicted molar refractivity (Wildman–Crippen MR) is 153 cm³/mol. The van der Waals surface area contributed by atoms with Crippen LogP contribution in [-0.2, 0) is 6.42 Å². The zero-order chi connectivity index (χ0) is 25.0. The van der Waals surface area contributed by atoms with Gasteiger partial charge in [-0.25, -0.2) is 4.98 Å². The Labute approximate surface area is 219 Å². The number of thiophene rings is 1. The van der Waals surface area contributed by atoms with Gasteiger partial charge in [-0.05, 0) is 55.9 Å². The van der Waals surface area contributed by atoms with Gasteiger partial charge in [0.15, 0.2) is 5.16 Å². The topological polar surface area (TPSA) is 44.1 Å². The highest BCUT2D eigenvalue weighted by Gasteiger charge is 2.18. The first-order chi connectivity index (χ1) is 17.1. The van der Waals surface area contributed by atoms with E-state index >= 15 is 0 Å². The van der Waals surface area contributed by atoms with Crippen molar-refractivity contribution >= 4 is 33.3 Å². The van der Waals surface area contributed by atoms with Crippen LogP contribution in [0.1, 0.15) is 94.4 Å². The van der Waals surface area contributed by atoms with Gasteiger partial charge in [-0.2, -0.15) is 0 Å². The van der Waals surface area contributed by atoms with Gasteiger partial charge in [-0.15, -0.1) is 11.3 Å². The summed E-state index contributed by atoms with van der Waals surface area (Å²) in [6, 6.07) is 7.61. The quantitative estimate of drug-likeness (QED) is 0.109. The summed E-state index contributed by atoms with van der Waals surface area (Å²) in [6.07, 6.45) is 19.3. The number of aryl methyl sites for hydroxylation is 2. The van der Waals surface area contributed by atoms with Crippen LogP contribution >= 0.6 is 23.1 Å². The maximum absolute atomic E-state index is 13.6. The molecule has 0 fully saturated rings. The molecule has 0 aliphatic heterocycles. The molecule has 0 unspecified atom stereocenters. The number of fused-ring (bicyclic) bond motifs is 1. The van der Waals surface area contributed by atoms with Gasteiger partial charge in [0.05, 0.1) is 18.2 Å². The van der Waals surface area contributed by atoms with Gasteiger partial charge in [-0.3, -0.25) is 9.36 Å². The minimum atomic E-state index is 0.0270. The summed E-state index contributed by atoms with van der Waals surface area (Å²) in [5.41, 5.74) is 1.96. The molecule has 3 aromatic rings. The smallest absolute Gasteiger partial charge is 0.267 e. The number of ether oxygens (including phenoxy) is 1. The van der Waals surface area contributed by atoms with E-state index in [1.165, 1.54) is 93.7 Å². The van der Waals surface area contributed by atoms with Crippen LogP contribution in [0.15, 0.2) is 34.2 Å². The molecular weight excluding hydrogens is 472 g/mol. The average molecular weight is 515 g/mol. The fourth-order valence-corrected chi connectivity index (χ4v) is 6.49. The van der Waals surface area contributed by atoms with Gasteiger partial charge in [0, 0.05) is 4.88 Å². The number of hydrogen-bond donors (Lipinski definition) is 0. The number of methoxy groups -OCH3 is 1. The lowest BCUT2D eigenvalue weighted by molar-refractivity contribution is 0.414. The minimum Gasteiger partial charge on any atom is -0.497 e. The third-order valence-electron chi connectivity index (χ3n) is 6.80. The van der Waals surface area contributed by atoms with Gasteiger partial charge in [0.1, 0.15) is 10.6 Å². The zero-order valence-corrected chi connectivity index (χ0v) is 23.7. The molecule has 0 saturated heterocycles. The van der Waals surface area contributed by atoms with Crippen LogP contribution in [0.5, 0.6) is 5.75 Å². The molecule has 0 saturated carbocycles. The lowest BCUT2D eigenvalue weighted by Gasteiger charge is -2.11. The molecule has 35 heavy (non-hydrogen) atoms. The standard InChI is InChI=1S/C29H42N2O2S2/c1-5-6-7-8-9-10-11-12-13-14-15-16-17-25-22(2)26-27(35-25)30-29(34-4)31(28(26)32)23-18-20-24(33-3)21-19-23/h18-21H,5-17H2,1-4H3. The van der Waals surface area contributed by atoms with E-state index in [-0.39, 0.29) is 5.56 Å². The minimum absolute atomic E-state index is 0.0270. The van der Waals surface area contributed by atoms with Crippen molar-refractivity contribution in [3.8, 4) is 11.4 Å². The van der Waals surface area contributed by atoms with Gasteiger partial charge < -0.3 is 4.74 Å². The average Bonchev–Trinajstić information content (AvgIpc) is 3.19. The third kappa shape index (κ3) is 7.60. The molecule has 3 rings (SSSR count). The Morgan fingerprint density at radius 2 is 1.49 bits per heavy atom. The van der Waals surface area contributed by atoms with Crippen molar-refractivity contribution in [1.82, 2.24) is 9.55 Å². The second kappa shape index (κ2) is 14.7. The molecule has 0 atom stereocenters. The third-order valence-corrected chi connectivity index (χ3v) is 8.69. The van der Waals surface area contributed by atoms with E-state index in [0.717, 1.165) is 38.8 Å². The van der Waals surface area contributed by atoms with Gasteiger partial charge in [-0.1, -0.05) is 89.3 Å². The summed E-state index contributed by atoms with van der Waals surface area (Å²) < 4.78 is 7.01. The van der Waals surface area contributed by atoms with E-state index in [1.54, 1.807) is 23.0 Å². The Hall–Kier alpha value is -1.79. The number of nitrogens with zero attached hydrogens (tertiary/aromatic N) is 2. The molecule has 0 spiro atoms. The van der Waals surface area contributed by atoms with E-state index in [4.69, 9.17) is 9.72 Å². The molecule has 0 amide bonds. The van der Waals surface area contributed by atoms with Crippen molar-refractivity contribution in [2.75, 3.05) is 13.4 Å². The Balaban J connectivity index is 1.55. The van der Waals surface area contributed by atoms with Crippen LogP contribution in [0.3, 0.4) is 0 Å². The SMILES string of the molecule is CCCCCCCCCCCCCCc1sc2nc(SC)n(-c3ccc(OC)cc3)c(=O)c2c1C. The fraction of sp³-hybridized carbons (Fsp3) is 0.586. The molecule has 1 aromatic carbocycles. The molecule has 192 valence electrons. The highest BCUT2D eigenvalue weighted by atomic mass is 32.2. The Morgan fingerprint density at radius 1 is 0.914 bits per heavy atom. The summed E-state index contributed by atoms with van der Waals surface area (Å²) in [6.45, 7) is 4.37. The maximum atomic E-state index is 13.6. The first-order valence-corrected chi connectivity index (χ1v) is 15.4. The van der Waals surface area contributed by atoms with Crippen molar-refractivity contribution in [1.29, 1.82) is 0 Å². The maximum Gasteiger partial charge on any atom is 0.267 e. The summed E-state index contributed by atoms with van der Waals surface area (Å²) >= 11 is 3.21. The number of aromatic nitrogens is 2. The summed E-state index contributed by atoms with van der Waals surface area (Å²) in [4.78, 5) is 20.6. The molecule has 0 aliphatic carbocycles. The Bertz CT molecular complexity index is 1100. The molecule has 2 heterocycles. The monoisotopic (exact) mass is 514 g/mol. The fourth-order valence-electron chi connectivity index (χ4n) is 4.67. The van der Waals surface area contributed by atoms with E-state index in [2.05, 4.69) is 13.8 Å². The van der Waals surface area contributed by atoms with Crippen molar-refractivity contribution in [2.24, 2.45) is 0 Å². The summed E-state index contributed by atoms with van der Waals surface area (Å²) in [7, 11) is 1.65. The van der Waals surface area contributed by atoms with Crippen molar-refractivity contribution in [3.05, 3.63) is 45.1 Å². The van der Waals surface area contributed by atoms with Crippen LogP contribution in [-0.4, -0.2) is 22.9 Å². The molecular formula is C29H42N2O2S2. The first-order valence-electron chi connectivity index (χ1n) is 13.3. The lowest BCUT2D eigenvalue weighted by atomic mass is 10.0. The lowest BCUT2D eigenvalue weighted by Crippen LogP contribution is -2.21. The summed E-state index contributed by atoms with van der Waals surface area (Å²) in [5, 5.41) is 1.50. The van der Waals surface area contributed by atoms with Crippen LogP contribution in [0.2, 0.25) is 0 Å². The summed E-state index contributed by atoms with van der Waals surface area (Å²) in [5.74, 6) is 0.776. The predicted octanol–water partition coefficient (Wildman–Crippen LogP) is 8.73. The second-order valence-corrected chi connectivity index (χ2v) is 11.3. The highest BCUT2D eigenvalue weighted by molar-refractivity contribution is 7.98. The van der Waals surface area contributed by atoms with Crippen LogP contribution < -0.4 is 10.3 Å². The largest absolute Gasteiger partial charge is 0.497 e. The van der Waals surface area contributed by atoms with E-state index < -0.39 is 0 Å². The number of unbranched alkanes of at least 4 members (excludes halogenated alkanes) is 11. The molecule has 6 heteroatoms. The molecule has 2 aromatic heterocycles.